The first-order valence-corrected chi connectivity index (χ1v) is 11.0. The molecule has 2 N–H and O–H groups in total. The van der Waals surface area contributed by atoms with Gasteiger partial charge in [0.2, 0.25) is 0 Å². The molecule has 4 rings (SSSR count). The summed E-state index contributed by atoms with van der Waals surface area (Å²) in [5, 5.41) is 9.68. The van der Waals surface area contributed by atoms with Gasteiger partial charge in [-0.05, 0) is 53.6 Å². The Bertz CT molecular complexity index is 1150. The number of halogens is 4. The van der Waals surface area contributed by atoms with Crippen LogP contribution in [0.5, 0.6) is 0 Å². The van der Waals surface area contributed by atoms with Crippen LogP contribution in [0, 0.1) is 0 Å². The van der Waals surface area contributed by atoms with E-state index in [1.54, 1.807) is 42.5 Å². The zero-order valence-electron chi connectivity index (χ0n) is 16.1. The first kappa shape index (κ1) is 22.0. The molecule has 0 fully saturated rings. The molecule has 31 heavy (non-hydrogen) atoms. The van der Waals surface area contributed by atoms with Crippen molar-refractivity contribution in [2.45, 2.75) is 18.5 Å². The summed E-state index contributed by atoms with van der Waals surface area (Å²) in [7, 11) is 0. The van der Waals surface area contributed by atoms with Crippen molar-refractivity contribution in [3.8, 4) is 0 Å². The Morgan fingerprint density at radius 2 is 1.65 bits per heavy atom. The second-order valence-electron chi connectivity index (χ2n) is 7.12. The lowest BCUT2D eigenvalue weighted by atomic mass is 9.95. The average Bonchev–Trinajstić information content (AvgIpc) is 3.23. The largest absolute Gasteiger partial charge is 0.340 e. The molecule has 0 spiro atoms. The number of hydrogen-bond acceptors (Lipinski definition) is 3. The molecule has 0 aliphatic carbocycles. The first-order valence-electron chi connectivity index (χ1n) is 9.49. The molecule has 1 heterocycles. The molecule has 1 aliphatic rings. The Labute approximate surface area is 200 Å². The molecule has 0 saturated heterocycles. The standard InChI is InChI=1S/C23H17Cl4N3O/c24-15-6-4-13(5-7-15)20-12-21(30-29-20)22(18-9-8-17(26)11-19(18)27)28-23(31)14-2-1-3-16(25)10-14/h1-11,20,22,29H,12H2,(H,28,31). The van der Waals surface area contributed by atoms with Gasteiger partial charge in [-0.25, -0.2) is 0 Å². The van der Waals surface area contributed by atoms with E-state index in [1.165, 1.54) is 0 Å². The molecule has 1 aliphatic heterocycles. The molecule has 8 heteroatoms. The van der Waals surface area contributed by atoms with Gasteiger partial charge in [0.15, 0.2) is 0 Å². The van der Waals surface area contributed by atoms with Crippen molar-refractivity contribution in [3.63, 3.8) is 0 Å². The number of benzene rings is 3. The highest BCUT2D eigenvalue weighted by atomic mass is 35.5. The van der Waals surface area contributed by atoms with Gasteiger partial charge in [0.1, 0.15) is 0 Å². The molecule has 158 valence electrons. The molecule has 1 amide bonds. The van der Waals surface area contributed by atoms with E-state index in [0.29, 0.717) is 37.6 Å². The first-order chi connectivity index (χ1) is 14.9. The van der Waals surface area contributed by atoms with Crippen LogP contribution in [0.2, 0.25) is 20.1 Å². The van der Waals surface area contributed by atoms with Crippen LogP contribution in [-0.4, -0.2) is 11.6 Å². The average molecular weight is 493 g/mol. The van der Waals surface area contributed by atoms with Crippen molar-refractivity contribution >= 4 is 58.0 Å². The second kappa shape index (κ2) is 9.49. The molecule has 4 nitrogen and oxygen atoms in total. The fourth-order valence-corrected chi connectivity index (χ4v) is 4.29. The van der Waals surface area contributed by atoms with Gasteiger partial charge in [-0.3, -0.25) is 4.79 Å². The molecular formula is C23H17Cl4N3O. The third-order valence-corrected chi connectivity index (χ3v) is 6.07. The Morgan fingerprint density at radius 3 is 2.35 bits per heavy atom. The van der Waals surface area contributed by atoms with Crippen molar-refractivity contribution in [2.24, 2.45) is 5.10 Å². The zero-order chi connectivity index (χ0) is 22.0. The molecule has 2 atom stereocenters. The van der Waals surface area contributed by atoms with Crippen LogP contribution >= 0.6 is 46.4 Å². The van der Waals surface area contributed by atoms with Gasteiger partial charge in [0.25, 0.3) is 5.91 Å². The van der Waals surface area contributed by atoms with E-state index in [2.05, 4.69) is 15.8 Å². The lowest BCUT2D eigenvalue weighted by molar-refractivity contribution is 0.0946. The van der Waals surface area contributed by atoms with Gasteiger partial charge >= 0.3 is 0 Å². The molecule has 0 saturated carbocycles. The highest BCUT2D eigenvalue weighted by molar-refractivity contribution is 6.35. The van der Waals surface area contributed by atoms with Crippen molar-refractivity contribution in [2.75, 3.05) is 0 Å². The van der Waals surface area contributed by atoms with Crippen LogP contribution in [0.1, 0.15) is 40.0 Å². The molecular weight excluding hydrogens is 476 g/mol. The monoisotopic (exact) mass is 491 g/mol. The molecule has 2 unspecified atom stereocenters. The number of carbonyl (C=O) groups excluding carboxylic acids is 1. The summed E-state index contributed by atoms with van der Waals surface area (Å²) in [5.41, 5.74) is 6.10. The van der Waals surface area contributed by atoms with Crippen LogP contribution in [0.15, 0.2) is 71.8 Å². The van der Waals surface area contributed by atoms with Crippen molar-refractivity contribution in [1.82, 2.24) is 10.7 Å². The van der Waals surface area contributed by atoms with Crippen LogP contribution in [-0.2, 0) is 0 Å². The maximum absolute atomic E-state index is 13.0. The predicted molar refractivity (Wildman–Crippen MR) is 128 cm³/mol. The Morgan fingerprint density at radius 1 is 0.935 bits per heavy atom. The molecule has 0 bridgehead atoms. The number of amides is 1. The topological polar surface area (TPSA) is 53.5 Å². The SMILES string of the molecule is O=C(NC(C1=NNC(c2ccc(Cl)cc2)C1)c1ccc(Cl)cc1Cl)c1cccc(Cl)c1. The summed E-state index contributed by atoms with van der Waals surface area (Å²) in [5.74, 6) is -0.281. The van der Waals surface area contributed by atoms with E-state index in [9.17, 15) is 4.79 Å². The van der Waals surface area contributed by atoms with Crippen LogP contribution < -0.4 is 10.7 Å². The summed E-state index contributed by atoms with van der Waals surface area (Å²) in [6, 6.07) is 18.9. The van der Waals surface area contributed by atoms with Gasteiger partial charge in [-0.15, -0.1) is 0 Å². The normalized spacial score (nSPS) is 16.4. The smallest absolute Gasteiger partial charge is 0.252 e. The van der Waals surface area contributed by atoms with E-state index in [-0.39, 0.29) is 11.9 Å². The number of nitrogens with zero attached hydrogens (tertiary/aromatic N) is 1. The Balaban J connectivity index is 1.62. The predicted octanol–water partition coefficient (Wildman–Crippen LogP) is 6.86. The van der Waals surface area contributed by atoms with Gasteiger partial charge in [0.05, 0.1) is 17.8 Å². The Kier molecular flexibility index (Phi) is 6.73. The second-order valence-corrected chi connectivity index (χ2v) is 8.84. The molecule has 0 aromatic heterocycles. The fraction of sp³-hybridized carbons (Fsp3) is 0.130. The lowest BCUT2D eigenvalue weighted by Gasteiger charge is -2.21. The third-order valence-electron chi connectivity index (χ3n) is 5.02. The molecule has 3 aromatic rings. The Hall–Kier alpha value is -2.24. The van der Waals surface area contributed by atoms with E-state index in [0.717, 1.165) is 11.3 Å². The summed E-state index contributed by atoms with van der Waals surface area (Å²) >= 11 is 24.6. The highest BCUT2D eigenvalue weighted by Crippen LogP contribution is 2.33. The zero-order valence-corrected chi connectivity index (χ0v) is 19.1. The maximum Gasteiger partial charge on any atom is 0.252 e. The quantitative estimate of drug-likeness (QED) is 0.408. The van der Waals surface area contributed by atoms with Gasteiger partial charge in [-0.2, -0.15) is 5.10 Å². The van der Waals surface area contributed by atoms with Crippen molar-refractivity contribution in [3.05, 3.63) is 104 Å². The van der Waals surface area contributed by atoms with Crippen molar-refractivity contribution in [1.29, 1.82) is 0 Å². The minimum absolute atomic E-state index is 0.0380. The maximum atomic E-state index is 13.0. The lowest BCUT2D eigenvalue weighted by Crippen LogP contribution is -2.33. The number of rotatable bonds is 5. The van der Waals surface area contributed by atoms with E-state index < -0.39 is 6.04 Å². The third kappa shape index (κ3) is 5.16. The van der Waals surface area contributed by atoms with E-state index >= 15 is 0 Å². The minimum Gasteiger partial charge on any atom is -0.340 e. The van der Waals surface area contributed by atoms with E-state index in [1.807, 2.05) is 24.3 Å². The number of hydrogen-bond donors (Lipinski definition) is 2. The molecule has 3 aromatic carbocycles. The summed E-state index contributed by atoms with van der Waals surface area (Å²) in [6.07, 6.45) is 0.584. The molecule has 0 radical (unpaired) electrons. The number of carbonyl (C=O) groups is 1. The minimum atomic E-state index is -0.541. The number of nitrogens with one attached hydrogen (secondary N) is 2. The van der Waals surface area contributed by atoms with Crippen LogP contribution in [0.4, 0.5) is 0 Å². The van der Waals surface area contributed by atoms with Crippen LogP contribution in [0.3, 0.4) is 0 Å². The van der Waals surface area contributed by atoms with Crippen molar-refractivity contribution < 1.29 is 4.79 Å². The number of hydrazone groups is 1. The fourth-order valence-electron chi connectivity index (χ4n) is 3.45. The van der Waals surface area contributed by atoms with E-state index in [4.69, 9.17) is 46.4 Å². The van der Waals surface area contributed by atoms with Gasteiger partial charge in [-0.1, -0.05) is 70.7 Å². The summed E-state index contributed by atoms with van der Waals surface area (Å²) in [4.78, 5) is 13.0. The summed E-state index contributed by atoms with van der Waals surface area (Å²) in [6.45, 7) is 0. The summed E-state index contributed by atoms with van der Waals surface area (Å²) < 4.78 is 0. The highest BCUT2D eigenvalue weighted by Gasteiger charge is 2.30. The van der Waals surface area contributed by atoms with Crippen LogP contribution in [0.25, 0.3) is 0 Å². The van der Waals surface area contributed by atoms with Gasteiger partial charge < -0.3 is 10.7 Å². The van der Waals surface area contributed by atoms with Gasteiger partial charge in [0, 0.05) is 32.1 Å².